The number of hydrogen-bond donors (Lipinski definition) is 5. The molecular weight excluding hydrogens is 547 g/mol. The molecular formula is C25H39N4O10P. The van der Waals surface area contributed by atoms with Crippen LogP contribution < -0.4 is 21.9 Å². The highest BCUT2D eigenvalue weighted by molar-refractivity contribution is 7.47. The SMILES string of the molecule is COP(=O)(O)OC1CC(n2cc(/C=C/C(=O)NCCCCCCNC(=O)C3CCCC3)c(=O)[nH]c2=O)OC1CO. The number of carbonyl (C=O) groups is 2. The lowest BCUT2D eigenvalue weighted by molar-refractivity contribution is -0.124. The summed E-state index contributed by atoms with van der Waals surface area (Å²) in [7, 11) is -3.39. The number of aliphatic hydroxyl groups excluding tert-OH is 1. The van der Waals surface area contributed by atoms with Gasteiger partial charge in [-0.2, -0.15) is 0 Å². The molecule has 4 atom stereocenters. The van der Waals surface area contributed by atoms with Gasteiger partial charge in [0.25, 0.3) is 5.56 Å². The topological polar surface area (TPSA) is 198 Å². The van der Waals surface area contributed by atoms with Crippen molar-refractivity contribution < 1.29 is 37.9 Å². The molecule has 0 aromatic carbocycles. The molecule has 1 saturated carbocycles. The summed E-state index contributed by atoms with van der Waals surface area (Å²) in [5.74, 6) is -0.0757. The summed E-state index contributed by atoms with van der Waals surface area (Å²) < 4.78 is 27.8. The minimum atomic E-state index is -4.38. The molecule has 1 aliphatic carbocycles. The molecule has 3 rings (SSSR count). The predicted octanol–water partition coefficient (Wildman–Crippen LogP) is 0.945. The lowest BCUT2D eigenvalue weighted by Crippen LogP contribution is -2.33. The van der Waals surface area contributed by atoms with Gasteiger partial charge in [-0.25, -0.2) is 9.36 Å². The Bertz CT molecular complexity index is 1190. The molecule has 2 amide bonds. The second-order valence-corrected chi connectivity index (χ2v) is 11.4. The van der Waals surface area contributed by atoms with Crippen LogP contribution in [0.3, 0.4) is 0 Å². The number of carbonyl (C=O) groups excluding carboxylic acids is 2. The first-order chi connectivity index (χ1) is 19.1. The lowest BCUT2D eigenvalue weighted by Gasteiger charge is -2.18. The van der Waals surface area contributed by atoms with Gasteiger partial charge in [0, 0.05) is 44.8 Å². The van der Waals surface area contributed by atoms with E-state index in [1.54, 1.807) is 0 Å². The van der Waals surface area contributed by atoms with E-state index in [1.807, 2.05) is 0 Å². The molecule has 2 aliphatic rings. The first-order valence-electron chi connectivity index (χ1n) is 13.6. The van der Waals surface area contributed by atoms with Crippen LogP contribution in [-0.2, 0) is 27.9 Å². The number of hydrogen-bond acceptors (Lipinski definition) is 9. The molecule has 1 saturated heterocycles. The summed E-state index contributed by atoms with van der Waals surface area (Å²) in [6.07, 6.45) is 8.19. The highest BCUT2D eigenvalue weighted by Crippen LogP contribution is 2.47. The van der Waals surface area contributed by atoms with Crippen LogP contribution in [0.25, 0.3) is 6.08 Å². The fraction of sp³-hybridized carbons (Fsp3) is 0.680. The van der Waals surface area contributed by atoms with Gasteiger partial charge in [-0.15, -0.1) is 0 Å². The van der Waals surface area contributed by atoms with Crippen LogP contribution in [0.5, 0.6) is 0 Å². The molecule has 0 radical (unpaired) electrons. The molecule has 4 unspecified atom stereocenters. The number of unbranched alkanes of at least 4 members (excludes halogenated alkanes) is 3. The van der Waals surface area contributed by atoms with Gasteiger partial charge in [0.2, 0.25) is 11.8 Å². The maximum absolute atomic E-state index is 12.4. The Labute approximate surface area is 231 Å². The van der Waals surface area contributed by atoms with E-state index in [0.717, 1.165) is 63.0 Å². The Morgan fingerprint density at radius 2 is 1.85 bits per heavy atom. The van der Waals surface area contributed by atoms with Crippen LogP contribution in [0.1, 0.15) is 69.6 Å². The minimum Gasteiger partial charge on any atom is -0.394 e. The number of rotatable bonds is 15. The average Bonchev–Trinajstić information content (AvgIpc) is 3.60. The fourth-order valence-corrected chi connectivity index (χ4v) is 5.43. The van der Waals surface area contributed by atoms with Crippen molar-refractivity contribution in [2.75, 3.05) is 26.8 Å². The van der Waals surface area contributed by atoms with Gasteiger partial charge in [-0.05, 0) is 31.8 Å². The van der Waals surface area contributed by atoms with E-state index >= 15 is 0 Å². The summed E-state index contributed by atoms with van der Waals surface area (Å²) >= 11 is 0. The number of H-pyrrole nitrogens is 1. The van der Waals surface area contributed by atoms with E-state index in [9.17, 15) is 33.7 Å². The minimum absolute atomic E-state index is 0.00707. The van der Waals surface area contributed by atoms with Gasteiger partial charge in [0.05, 0.1) is 12.2 Å². The molecule has 0 spiro atoms. The van der Waals surface area contributed by atoms with Crippen molar-refractivity contribution in [3.8, 4) is 0 Å². The Morgan fingerprint density at radius 3 is 2.50 bits per heavy atom. The first kappa shape index (κ1) is 31.9. The lowest BCUT2D eigenvalue weighted by atomic mass is 10.1. The van der Waals surface area contributed by atoms with Crippen molar-refractivity contribution in [2.45, 2.75) is 76.2 Å². The third kappa shape index (κ3) is 9.50. The molecule has 1 aromatic rings. The van der Waals surface area contributed by atoms with Gasteiger partial charge >= 0.3 is 13.5 Å². The summed E-state index contributed by atoms with van der Waals surface area (Å²) in [5, 5.41) is 15.3. The van der Waals surface area contributed by atoms with Crippen LogP contribution in [0.15, 0.2) is 21.9 Å². The zero-order valence-electron chi connectivity index (χ0n) is 22.6. The molecule has 1 aliphatic heterocycles. The third-order valence-electron chi connectivity index (χ3n) is 7.01. The van der Waals surface area contributed by atoms with Gasteiger partial charge in [0.1, 0.15) is 18.4 Å². The van der Waals surface area contributed by atoms with Crippen molar-refractivity contribution in [2.24, 2.45) is 5.92 Å². The maximum Gasteiger partial charge on any atom is 0.472 e. The number of nitrogens with zero attached hydrogens (tertiary/aromatic N) is 1. The van der Waals surface area contributed by atoms with Gasteiger partial charge in [0.15, 0.2) is 0 Å². The predicted molar refractivity (Wildman–Crippen MR) is 144 cm³/mol. The molecule has 224 valence electrons. The molecule has 0 bridgehead atoms. The second-order valence-electron chi connectivity index (χ2n) is 9.90. The second kappa shape index (κ2) is 15.4. The molecule has 15 heteroatoms. The molecule has 2 fully saturated rings. The highest BCUT2D eigenvalue weighted by atomic mass is 31.2. The van der Waals surface area contributed by atoms with Crippen LogP contribution in [0, 0.1) is 5.92 Å². The quantitative estimate of drug-likeness (QED) is 0.112. The summed E-state index contributed by atoms with van der Waals surface area (Å²) in [5.41, 5.74) is -1.51. The van der Waals surface area contributed by atoms with E-state index in [-0.39, 0.29) is 23.8 Å². The number of amides is 2. The Kier molecular flexibility index (Phi) is 12.3. The van der Waals surface area contributed by atoms with Gasteiger partial charge in [-0.1, -0.05) is 25.7 Å². The smallest absolute Gasteiger partial charge is 0.394 e. The number of aromatic nitrogens is 2. The number of aromatic amines is 1. The molecule has 5 N–H and O–H groups in total. The van der Waals surface area contributed by atoms with Crippen molar-refractivity contribution in [1.29, 1.82) is 0 Å². The largest absolute Gasteiger partial charge is 0.472 e. The van der Waals surface area contributed by atoms with Crippen LogP contribution >= 0.6 is 7.82 Å². The Morgan fingerprint density at radius 1 is 1.18 bits per heavy atom. The zero-order valence-corrected chi connectivity index (χ0v) is 23.5. The summed E-state index contributed by atoms with van der Waals surface area (Å²) in [6, 6.07) is 0. The zero-order chi connectivity index (χ0) is 29.1. The fourth-order valence-electron chi connectivity index (χ4n) is 4.78. The van der Waals surface area contributed by atoms with Crippen LogP contribution in [0.4, 0.5) is 0 Å². The first-order valence-corrected chi connectivity index (χ1v) is 15.1. The van der Waals surface area contributed by atoms with Crippen LogP contribution in [0.2, 0.25) is 0 Å². The average molecular weight is 587 g/mol. The maximum atomic E-state index is 12.4. The Balaban J connectivity index is 1.43. The summed E-state index contributed by atoms with van der Waals surface area (Å²) in [4.78, 5) is 60.6. The standard InChI is InChI=1S/C25H39N4O10P/c1-37-40(35,36)39-19-14-22(38-20(19)16-30)29-15-18(24(33)28-25(29)34)10-11-21(31)26-12-6-2-3-7-13-27-23(32)17-8-4-5-9-17/h10-11,15,17,19-20,22,30H,2-9,12-14,16H2,1H3,(H,26,31)(H,27,32)(H,35,36)(H,28,33,34)/b11-10+. The number of phosphoric acid groups is 1. The highest BCUT2D eigenvalue weighted by Gasteiger charge is 2.41. The molecule has 40 heavy (non-hydrogen) atoms. The van der Waals surface area contributed by atoms with Crippen molar-refractivity contribution in [1.82, 2.24) is 20.2 Å². The van der Waals surface area contributed by atoms with E-state index in [2.05, 4.69) is 20.1 Å². The molecule has 2 heterocycles. The number of phosphoric ester groups is 1. The number of nitrogens with one attached hydrogen (secondary N) is 3. The van der Waals surface area contributed by atoms with Crippen molar-refractivity contribution >= 4 is 25.7 Å². The monoisotopic (exact) mass is 586 g/mol. The van der Waals surface area contributed by atoms with Gasteiger partial charge < -0.3 is 25.4 Å². The van der Waals surface area contributed by atoms with E-state index in [4.69, 9.17) is 9.26 Å². The van der Waals surface area contributed by atoms with Crippen LogP contribution in [-0.4, -0.2) is 70.4 Å². The van der Waals surface area contributed by atoms with E-state index in [0.29, 0.717) is 13.1 Å². The van der Waals surface area contributed by atoms with E-state index in [1.165, 1.54) is 18.3 Å². The van der Waals surface area contributed by atoms with E-state index < -0.39 is 50.0 Å². The number of aliphatic hydroxyl groups is 1. The summed E-state index contributed by atoms with van der Waals surface area (Å²) in [6.45, 7) is 0.563. The third-order valence-corrected chi connectivity index (χ3v) is 8.01. The van der Waals surface area contributed by atoms with Crippen molar-refractivity contribution in [3.63, 3.8) is 0 Å². The van der Waals surface area contributed by atoms with Gasteiger partial charge in [-0.3, -0.25) is 33.0 Å². The molecule has 14 nitrogen and oxygen atoms in total. The van der Waals surface area contributed by atoms with Crippen molar-refractivity contribution in [3.05, 3.63) is 38.7 Å². The molecule has 1 aromatic heterocycles. The normalized spacial score (nSPS) is 22.9. The number of ether oxygens (including phenoxy) is 1. The Hall–Kier alpha value is -2.61.